The number of hydrogen-bond donors (Lipinski definition) is 1. The van der Waals surface area contributed by atoms with Gasteiger partial charge in [0.05, 0.1) is 37.6 Å². The molecule has 0 unspecified atom stereocenters. The molecule has 0 bridgehead atoms. The first-order valence-electron chi connectivity index (χ1n) is 9.25. The van der Waals surface area contributed by atoms with E-state index in [0.29, 0.717) is 39.1 Å². The van der Waals surface area contributed by atoms with E-state index in [-0.39, 0.29) is 29.8 Å². The van der Waals surface area contributed by atoms with Gasteiger partial charge in [-0.05, 0) is 24.1 Å². The molecule has 8 nitrogen and oxygen atoms in total. The molecular formula is C19H24N4O4. The molecule has 8 heteroatoms. The first kappa shape index (κ1) is 17.8. The summed E-state index contributed by atoms with van der Waals surface area (Å²) in [6.07, 6.45) is 4.16. The summed E-state index contributed by atoms with van der Waals surface area (Å²) in [7, 11) is 1.84. The highest BCUT2D eigenvalue weighted by molar-refractivity contribution is 5.79. The highest BCUT2D eigenvalue weighted by Crippen LogP contribution is 2.35. The van der Waals surface area contributed by atoms with Crippen LogP contribution in [0.15, 0.2) is 35.1 Å². The third-order valence-electron chi connectivity index (χ3n) is 5.38. The van der Waals surface area contributed by atoms with Crippen molar-refractivity contribution in [2.45, 2.75) is 25.5 Å². The van der Waals surface area contributed by atoms with Crippen LogP contribution in [0.4, 0.5) is 0 Å². The number of ether oxygens (including phenoxy) is 1. The second-order valence-electron chi connectivity index (χ2n) is 7.31. The zero-order valence-corrected chi connectivity index (χ0v) is 15.3. The summed E-state index contributed by atoms with van der Waals surface area (Å²) in [6.45, 7) is 2.21. The van der Waals surface area contributed by atoms with Crippen molar-refractivity contribution in [1.29, 1.82) is 0 Å². The number of carbonyl (C=O) groups excluding carboxylic acids is 2. The first-order valence-corrected chi connectivity index (χ1v) is 9.25. The summed E-state index contributed by atoms with van der Waals surface area (Å²) in [6, 6.07) is 5.49. The number of aryl methyl sites for hydroxylation is 1. The van der Waals surface area contributed by atoms with Gasteiger partial charge in [-0.15, -0.1) is 0 Å². The number of amides is 2. The van der Waals surface area contributed by atoms with Crippen molar-refractivity contribution < 1.29 is 18.7 Å². The zero-order chi connectivity index (χ0) is 18.8. The number of nitrogens with zero attached hydrogens (tertiary/aromatic N) is 3. The van der Waals surface area contributed by atoms with Gasteiger partial charge in [0.25, 0.3) is 0 Å². The van der Waals surface area contributed by atoms with Crippen molar-refractivity contribution in [2.75, 3.05) is 19.7 Å². The number of hydrogen-bond acceptors (Lipinski definition) is 5. The van der Waals surface area contributed by atoms with Crippen LogP contribution < -0.4 is 5.32 Å². The third-order valence-corrected chi connectivity index (χ3v) is 5.38. The fraction of sp³-hybridized carbons (Fsp3) is 0.526. The number of carbonyl (C=O) groups is 2. The van der Waals surface area contributed by atoms with Crippen LogP contribution in [0.3, 0.4) is 0 Å². The Bertz CT molecular complexity index is 801. The van der Waals surface area contributed by atoms with Crippen molar-refractivity contribution in [3.05, 3.63) is 42.1 Å². The van der Waals surface area contributed by atoms with E-state index < -0.39 is 0 Å². The van der Waals surface area contributed by atoms with Crippen molar-refractivity contribution in [2.24, 2.45) is 18.9 Å². The van der Waals surface area contributed by atoms with Crippen LogP contribution in [0.2, 0.25) is 0 Å². The lowest BCUT2D eigenvalue weighted by atomic mass is 9.90. The maximum Gasteiger partial charge on any atom is 0.228 e. The quantitative estimate of drug-likeness (QED) is 0.808. The first-order chi connectivity index (χ1) is 13.1. The fourth-order valence-corrected chi connectivity index (χ4v) is 3.95. The van der Waals surface area contributed by atoms with Gasteiger partial charge in [-0.2, -0.15) is 5.10 Å². The molecule has 2 aromatic heterocycles. The van der Waals surface area contributed by atoms with Gasteiger partial charge in [0.15, 0.2) is 0 Å². The van der Waals surface area contributed by atoms with E-state index in [0.717, 1.165) is 11.5 Å². The SMILES string of the molecule is Cn1ccc(CC(=O)N2C[C@@H]3[C@H](CC(=O)NCc4ccco4)CO[C@@H]3C2)n1. The maximum absolute atomic E-state index is 12.5. The molecule has 2 amide bonds. The third kappa shape index (κ3) is 4.05. The second-order valence-corrected chi connectivity index (χ2v) is 7.31. The number of aromatic nitrogens is 2. The molecule has 2 fully saturated rings. The van der Waals surface area contributed by atoms with Crippen LogP contribution in [0.5, 0.6) is 0 Å². The van der Waals surface area contributed by atoms with Gasteiger partial charge in [-0.1, -0.05) is 0 Å². The van der Waals surface area contributed by atoms with E-state index in [9.17, 15) is 9.59 Å². The normalized spacial score (nSPS) is 24.2. The van der Waals surface area contributed by atoms with Gasteiger partial charge < -0.3 is 19.4 Å². The topological polar surface area (TPSA) is 89.6 Å². The molecule has 0 aromatic carbocycles. The molecule has 1 N–H and O–H groups in total. The molecule has 2 saturated heterocycles. The highest BCUT2D eigenvalue weighted by atomic mass is 16.5. The van der Waals surface area contributed by atoms with Gasteiger partial charge in [0, 0.05) is 38.7 Å². The molecule has 4 heterocycles. The predicted molar refractivity (Wildman–Crippen MR) is 95.4 cm³/mol. The van der Waals surface area contributed by atoms with Gasteiger partial charge in [-0.25, -0.2) is 0 Å². The minimum Gasteiger partial charge on any atom is -0.467 e. The Balaban J connectivity index is 1.27. The van der Waals surface area contributed by atoms with Crippen LogP contribution in [0.25, 0.3) is 0 Å². The molecule has 2 aromatic rings. The summed E-state index contributed by atoms with van der Waals surface area (Å²) < 4.78 is 12.8. The van der Waals surface area contributed by atoms with Gasteiger partial charge in [-0.3, -0.25) is 14.3 Å². The average molecular weight is 372 g/mol. The van der Waals surface area contributed by atoms with E-state index in [4.69, 9.17) is 9.15 Å². The summed E-state index contributed by atoms with van der Waals surface area (Å²) in [5.74, 6) is 1.13. The molecule has 0 saturated carbocycles. The Morgan fingerprint density at radius 3 is 2.96 bits per heavy atom. The Kier molecular flexibility index (Phi) is 4.98. The lowest BCUT2D eigenvalue weighted by molar-refractivity contribution is -0.130. The van der Waals surface area contributed by atoms with E-state index in [1.165, 1.54) is 0 Å². The zero-order valence-electron chi connectivity index (χ0n) is 15.3. The Hall–Kier alpha value is -2.61. The van der Waals surface area contributed by atoms with Gasteiger partial charge in [0.1, 0.15) is 5.76 Å². The number of rotatable bonds is 6. The Morgan fingerprint density at radius 2 is 2.22 bits per heavy atom. The van der Waals surface area contributed by atoms with Crippen molar-refractivity contribution >= 4 is 11.8 Å². The van der Waals surface area contributed by atoms with Crippen molar-refractivity contribution in [3.8, 4) is 0 Å². The van der Waals surface area contributed by atoms with E-state index in [1.54, 1.807) is 17.0 Å². The molecule has 4 rings (SSSR count). The summed E-state index contributed by atoms with van der Waals surface area (Å²) in [5.41, 5.74) is 0.773. The standard InChI is InChI=1S/C19H24N4O4/c1-22-5-4-14(21-22)8-19(25)23-10-16-13(12-27-17(16)11-23)7-18(24)20-9-15-3-2-6-26-15/h2-6,13,16-17H,7-12H2,1H3,(H,20,24)/t13-,16-,17-/m1/s1. The van der Waals surface area contributed by atoms with E-state index >= 15 is 0 Å². The molecule has 2 aliphatic rings. The largest absolute Gasteiger partial charge is 0.467 e. The number of nitrogens with one attached hydrogen (secondary N) is 1. The van der Waals surface area contributed by atoms with Crippen LogP contribution in [0, 0.1) is 11.8 Å². The molecule has 2 aliphatic heterocycles. The number of furan rings is 1. The van der Waals surface area contributed by atoms with E-state index in [1.807, 2.05) is 30.3 Å². The van der Waals surface area contributed by atoms with Crippen LogP contribution in [-0.4, -0.2) is 52.3 Å². The lowest BCUT2D eigenvalue weighted by Gasteiger charge is -2.19. The maximum atomic E-state index is 12.5. The minimum atomic E-state index is -0.0149. The van der Waals surface area contributed by atoms with Crippen molar-refractivity contribution in [1.82, 2.24) is 20.0 Å². The summed E-state index contributed by atoms with van der Waals surface area (Å²) >= 11 is 0. The second kappa shape index (κ2) is 7.56. The van der Waals surface area contributed by atoms with Gasteiger partial charge >= 0.3 is 0 Å². The molecule has 0 aliphatic carbocycles. The smallest absolute Gasteiger partial charge is 0.228 e. The molecule has 27 heavy (non-hydrogen) atoms. The number of likely N-dealkylation sites (tertiary alicyclic amines) is 1. The monoisotopic (exact) mass is 372 g/mol. The minimum absolute atomic E-state index is 0.0149. The Labute approximate surface area is 157 Å². The van der Waals surface area contributed by atoms with Crippen LogP contribution >= 0.6 is 0 Å². The molecule has 0 spiro atoms. The molecule has 144 valence electrons. The average Bonchev–Trinajstić information content (AvgIpc) is 3.39. The highest BCUT2D eigenvalue weighted by Gasteiger charge is 2.45. The molecular weight excluding hydrogens is 348 g/mol. The van der Waals surface area contributed by atoms with E-state index in [2.05, 4.69) is 10.4 Å². The van der Waals surface area contributed by atoms with Crippen LogP contribution in [0.1, 0.15) is 17.9 Å². The molecule has 3 atom stereocenters. The summed E-state index contributed by atoms with van der Waals surface area (Å²) in [4.78, 5) is 26.6. The predicted octanol–water partition coefficient (Wildman–Crippen LogP) is 0.735. The summed E-state index contributed by atoms with van der Waals surface area (Å²) in [5, 5.41) is 7.15. The fourth-order valence-electron chi connectivity index (χ4n) is 3.95. The lowest BCUT2D eigenvalue weighted by Crippen LogP contribution is -2.33. The van der Waals surface area contributed by atoms with Crippen LogP contribution in [-0.2, 0) is 34.3 Å². The van der Waals surface area contributed by atoms with Crippen molar-refractivity contribution in [3.63, 3.8) is 0 Å². The Morgan fingerprint density at radius 1 is 1.33 bits per heavy atom. The molecule has 0 radical (unpaired) electrons. The number of fused-ring (bicyclic) bond motifs is 1. The van der Waals surface area contributed by atoms with Gasteiger partial charge in [0.2, 0.25) is 11.8 Å².